The molecule has 1 atom stereocenters. The molecule has 21 heavy (non-hydrogen) atoms. The maximum Gasteiger partial charge on any atom is 0.181 e. The van der Waals surface area contributed by atoms with E-state index >= 15 is 0 Å². The standard InChI is InChI=1S/C16H18N4O/c1-10(2)5-13(17)16-19-7-12-6-11(3-4-14(12)20-16)15-8-18-9-21-15/h3-4,6-10,13H,5,17H2,1-2H3. The molecule has 0 saturated heterocycles. The van der Waals surface area contributed by atoms with Crippen LogP contribution in [0.3, 0.4) is 0 Å². The molecule has 0 radical (unpaired) electrons. The Labute approximate surface area is 123 Å². The van der Waals surface area contributed by atoms with E-state index in [1.54, 1.807) is 6.20 Å². The van der Waals surface area contributed by atoms with E-state index in [2.05, 4.69) is 28.8 Å². The maximum atomic E-state index is 6.15. The first-order valence-corrected chi connectivity index (χ1v) is 7.04. The van der Waals surface area contributed by atoms with E-state index in [4.69, 9.17) is 10.2 Å². The average Bonchev–Trinajstić information content (AvgIpc) is 2.99. The normalized spacial score (nSPS) is 13.0. The lowest BCUT2D eigenvalue weighted by Crippen LogP contribution is -2.16. The van der Waals surface area contributed by atoms with Gasteiger partial charge in [0.05, 0.1) is 17.8 Å². The van der Waals surface area contributed by atoms with Crippen LogP contribution >= 0.6 is 0 Å². The molecule has 2 aromatic heterocycles. The third kappa shape index (κ3) is 2.92. The molecule has 0 fully saturated rings. The molecular formula is C16H18N4O. The van der Waals surface area contributed by atoms with Gasteiger partial charge in [0.1, 0.15) is 5.82 Å². The molecule has 5 nitrogen and oxygen atoms in total. The average molecular weight is 282 g/mol. The van der Waals surface area contributed by atoms with E-state index in [0.717, 1.165) is 28.6 Å². The van der Waals surface area contributed by atoms with Gasteiger partial charge in [-0.05, 0) is 30.5 Å². The number of hydrogen-bond donors (Lipinski definition) is 1. The molecule has 1 unspecified atom stereocenters. The first-order valence-electron chi connectivity index (χ1n) is 7.04. The van der Waals surface area contributed by atoms with Crippen molar-refractivity contribution >= 4 is 10.9 Å². The Kier molecular flexibility index (Phi) is 3.66. The van der Waals surface area contributed by atoms with Crippen LogP contribution in [0.1, 0.15) is 32.1 Å². The maximum absolute atomic E-state index is 6.15. The fraction of sp³-hybridized carbons (Fsp3) is 0.312. The van der Waals surface area contributed by atoms with E-state index in [-0.39, 0.29) is 6.04 Å². The molecule has 1 aromatic carbocycles. The Hall–Kier alpha value is -2.27. The van der Waals surface area contributed by atoms with E-state index in [9.17, 15) is 0 Å². The number of oxazole rings is 1. The summed E-state index contributed by atoms with van der Waals surface area (Å²) in [7, 11) is 0. The molecule has 0 bridgehead atoms. The third-order valence-electron chi connectivity index (χ3n) is 3.37. The van der Waals surface area contributed by atoms with Gasteiger partial charge in [0.25, 0.3) is 0 Å². The van der Waals surface area contributed by atoms with Gasteiger partial charge < -0.3 is 10.2 Å². The van der Waals surface area contributed by atoms with Gasteiger partial charge in [0.2, 0.25) is 0 Å². The van der Waals surface area contributed by atoms with Crippen LogP contribution in [-0.2, 0) is 0 Å². The topological polar surface area (TPSA) is 77.8 Å². The second-order valence-corrected chi connectivity index (χ2v) is 5.60. The van der Waals surface area contributed by atoms with Crippen molar-refractivity contribution in [2.24, 2.45) is 11.7 Å². The highest BCUT2D eigenvalue weighted by atomic mass is 16.3. The number of aromatic nitrogens is 3. The molecule has 0 saturated carbocycles. The van der Waals surface area contributed by atoms with Crippen LogP contribution in [0.5, 0.6) is 0 Å². The van der Waals surface area contributed by atoms with Gasteiger partial charge in [0, 0.05) is 17.1 Å². The molecule has 0 amide bonds. The quantitative estimate of drug-likeness (QED) is 0.794. The molecule has 3 rings (SSSR count). The predicted molar refractivity (Wildman–Crippen MR) is 81.4 cm³/mol. The second kappa shape index (κ2) is 5.61. The Morgan fingerprint density at radius 3 is 2.81 bits per heavy atom. The SMILES string of the molecule is CC(C)CC(N)c1ncc2cc(-c3cnco3)ccc2n1. The molecule has 2 heterocycles. The summed E-state index contributed by atoms with van der Waals surface area (Å²) in [6.07, 6.45) is 5.80. The zero-order valence-electron chi connectivity index (χ0n) is 12.2. The summed E-state index contributed by atoms with van der Waals surface area (Å²) >= 11 is 0. The second-order valence-electron chi connectivity index (χ2n) is 5.60. The fourth-order valence-electron chi connectivity index (χ4n) is 2.35. The highest BCUT2D eigenvalue weighted by molar-refractivity contribution is 5.82. The van der Waals surface area contributed by atoms with Gasteiger partial charge in [-0.15, -0.1) is 0 Å². The van der Waals surface area contributed by atoms with Crippen molar-refractivity contribution < 1.29 is 4.42 Å². The van der Waals surface area contributed by atoms with Crippen LogP contribution in [-0.4, -0.2) is 15.0 Å². The van der Waals surface area contributed by atoms with E-state index in [1.807, 2.05) is 24.4 Å². The largest absolute Gasteiger partial charge is 0.444 e. The van der Waals surface area contributed by atoms with Crippen LogP contribution in [0, 0.1) is 5.92 Å². The van der Waals surface area contributed by atoms with Crippen LogP contribution < -0.4 is 5.73 Å². The van der Waals surface area contributed by atoms with E-state index in [0.29, 0.717) is 11.7 Å². The molecule has 2 N–H and O–H groups in total. The number of nitrogens with zero attached hydrogens (tertiary/aromatic N) is 3. The molecule has 108 valence electrons. The van der Waals surface area contributed by atoms with Gasteiger partial charge in [0.15, 0.2) is 12.2 Å². The molecule has 0 aliphatic carbocycles. The number of fused-ring (bicyclic) bond motifs is 1. The molecule has 0 spiro atoms. The zero-order valence-corrected chi connectivity index (χ0v) is 12.2. The summed E-state index contributed by atoms with van der Waals surface area (Å²) in [6, 6.07) is 5.80. The van der Waals surface area contributed by atoms with Crippen LogP contribution in [0.15, 0.2) is 41.4 Å². The Bertz CT molecular complexity index is 737. The molecule has 0 aliphatic heterocycles. The molecule has 5 heteroatoms. The lowest BCUT2D eigenvalue weighted by molar-refractivity contribution is 0.494. The molecular weight excluding hydrogens is 264 g/mol. The van der Waals surface area contributed by atoms with Gasteiger partial charge in [-0.1, -0.05) is 13.8 Å². The highest BCUT2D eigenvalue weighted by Crippen LogP contribution is 2.24. The third-order valence-corrected chi connectivity index (χ3v) is 3.37. The van der Waals surface area contributed by atoms with Crippen LogP contribution in [0.2, 0.25) is 0 Å². The van der Waals surface area contributed by atoms with E-state index in [1.165, 1.54) is 6.39 Å². The smallest absolute Gasteiger partial charge is 0.181 e. The van der Waals surface area contributed by atoms with Gasteiger partial charge in [-0.3, -0.25) is 0 Å². The van der Waals surface area contributed by atoms with Crippen molar-refractivity contribution in [3.8, 4) is 11.3 Å². The number of rotatable bonds is 4. The zero-order chi connectivity index (χ0) is 14.8. The van der Waals surface area contributed by atoms with Crippen molar-refractivity contribution in [2.75, 3.05) is 0 Å². The fourth-order valence-corrected chi connectivity index (χ4v) is 2.35. The van der Waals surface area contributed by atoms with Crippen molar-refractivity contribution in [3.05, 3.63) is 42.8 Å². The summed E-state index contributed by atoms with van der Waals surface area (Å²) in [5.41, 5.74) is 8.00. The van der Waals surface area contributed by atoms with Crippen molar-refractivity contribution in [3.63, 3.8) is 0 Å². The minimum atomic E-state index is -0.122. The Morgan fingerprint density at radius 2 is 2.10 bits per heavy atom. The summed E-state index contributed by atoms with van der Waals surface area (Å²) in [6.45, 7) is 4.29. The molecule has 3 aromatic rings. The number of benzene rings is 1. The van der Waals surface area contributed by atoms with Crippen LogP contribution in [0.4, 0.5) is 0 Å². The Morgan fingerprint density at radius 1 is 1.24 bits per heavy atom. The monoisotopic (exact) mass is 282 g/mol. The summed E-state index contributed by atoms with van der Waals surface area (Å²) in [5.74, 6) is 1.95. The number of hydrogen-bond acceptors (Lipinski definition) is 5. The summed E-state index contributed by atoms with van der Waals surface area (Å²) in [5, 5.41) is 0.962. The van der Waals surface area contributed by atoms with Crippen LogP contribution in [0.25, 0.3) is 22.2 Å². The van der Waals surface area contributed by atoms with Gasteiger partial charge in [-0.2, -0.15) is 0 Å². The number of nitrogens with two attached hydrogens (primary N) is 1. The lowest BCUT2D eigenvalue weighted by Gasteiger charge is -2.13. The van der Waals surface area contributed by atoms with Crippen molar-refractivity contribution in [1.82, 2.24) is 15.0 Å². The summed E-state index contributed by atoms with van der Waals surface area (Å²) in [4.78, 5) is 12.9. The first kappa shape index (κ1) is 13.7. The first-order chi connectivity index (χ1) is 10.1. The van der Waals surface area contributed by atoms with Gasteiger partial charge >= 0.3 is 0 Å². The molecule has 0 aliphatic rings. The predicted octanol–water partition coefficient (Wildman–Crippen LogP) is 3.33. The van der Waals surface area contributed by atoms with Crippen molar-refractivity contribution in [2.45, 2.75) is 26.3 Å². The van der Waals surface area contributed by atoms with E-state index < -0.39 is 0 Å². The summed E-state index contributed by atoms with van der Waals surface area (Å²) < 4.78 is 5.30. The van der Waals surface area contributed by atoms with Crippen molar-refractivity contribution in [1.29, 1.82) is 0 Å². The Balaban J connectivity index is 1.95. The highest BCUT2D eigenvalue weighted by Gasteiger charge is 2.12. The van der Waals surface area contributed by atoms with Gasteiger partial charge in [-0.25, -0.2) is 15.0 Å². The lowest BCUT2D eigenvalue weighted by atomic mass is 10.0. The minimum absolute atomic E-state index is 0.122. The minimum Gasteiger partial charge on any atom is -0.444 e.